The number of fused-ring (bicyclic) bond motifs is 1. The van der Waals surface area contributed by atoms with E-state index in [-0.39, 0.29) is 11.8 Å². The number of carboxylic acid groups (broad SMARTS) is 2. The first-order valence-electron chi connectivity index (χ1n) is 9.79. The lowest BCUT2D eigenvalue weighted by Gasteiger charge is -2.32. The summed E-state index contributed by atoms with van der Waals surface area (Å²) in [7, 11) is 0. The van der Waals surface area contributed by atoms with E-state index in [1.54, 1.807) is 19.1 Å². The number of carbonyl (C=O) groups excluding carboxylic acids is 1. The molecule has 1 aliphatic heterocycles. The highest BCUT2D eigenvalue weighted by Crippen LogP contribution is 2.27. The molecule has 31 heavy (non-hydrogen) atoms. The van der Waals surface area contributed by atoms with Gasteiger partial charge in [-0.2, -0.15) is 0 Å². The van der Waals surface area contributed by atoms with Crippen molar-refractivity contribution in [2.24, 2.45) is 0 Å². The second-order valence-electron chi connectivity index (χ2n) is 7.21. The van der Waals surface area contributed by atoms with Crippen molar-refractivity contribution in [1.82, 2.24) is 10.6 Å². The Bertz CT molecular complexity index is 939. The molecular weight excluding hydrogens is 420 g/mol. The smallest absolute Gasteiger partial charge is 0.364 e. The Balaban J connectivity index is 1.71. The van der Waals surface area contributed by atoms with Crippen molar-refractivity contribution in [3.05, 3.63) is 71.3 Å². The van der Waals surface area contributed by atoms with Gasteiger partial charge in [-0.25, -0.2) is 4.79 Å². The third-order valence-corrected chi connectivity index (χ3v) is 5.77. The standard InChI is InChI=1S/C22H24N2O6S/c1-13(23-18(12-31-22(28)29)14-7-3-2-4-8-14)21(27)30-19-16-10-6-5-9-15(16)11-17(24-19)20(25)26/h2-10,13,17-19,23-24H,11-12H2,1H3,(H,25,26)(H,28,29). The van der Waals surface area contributed by atoms with Gasteiger partial charge >= 0.3 is 17.2 Å². The Labute approximate surface area is 184 Å². The molecule has 1 heterocycles. The summed E-state index contributed by atoms with van der Waals surface area (Å²) in [5, 5.41) is 23.4. The average Bonchev–Trinajstić information content (AvgIpc) is 2.76. The van der Waals surface area contributed by atoms with Crippen LogP contribution < -0.4 is 10.6 Å². The molecule has 0 aliphatic carbocycles. The van der Waals surface area contributed by atoms with Crippen LogP contribution in [0, 0.1) is 0 Å². The van der Waals surface area contributed by atoms with E-state index in [4.69, 9.17) is 9.84 Å². The number of aliphatic carboxylic acids is 1. The number of hydrogen-bond donors (Lipinski definition) is 4. The van der Waals surface area contributed by atoms with Crippen molar-refractivity contribution in [1.29, 1.82) is 0 Å². The third kappa shape index (κ3) is 6.06. The van der Waals surface area contributed by atoms with Gasteiger partial charge < -0.3 is 14.9 Å². The molecule has 4 N–H and O–H groups in total. The molecule has 1 aliphatic rings. The molecule has 164 valence electrons. The molecular formula is C22H24N2O6S. The molecule has 3 rings (SSSR count). The second-order valence-corrected chi connectivity index (χ2v) is 8.18. The zero-order valence-corrected chi connectivity index (χ0v) is 17.7. The van der Waals surface area contributed by atoms with Crippen LogP contribution in [-0.2, 0) is 20.7 Å². The lowest BCUT2D eigenvalue weighted by atomic mass is 9.94. The Morgan fingerprint density at radius 3 is 2.48 bits per heavy atom. The van der Waals surface area contributed by atoms with E-state index in [9.17, 15) is 19.5 Å². The third-order valence-electron chi connectivity index (χ3n) is 5.03. The van der Waals surface area contributed by atoms with E-state index in [0.29, 0.717) is 6.42 Å². The van der Waals surface area contributed by atoms with Crippen LogP contribution in [0.2, 0.25) is 0 Å². The molecule has 0 spiro atoms. The van der Waals surface area contributed by atoms with Crippen molar-refractivity contribution in [3.63, 3.8) is 0 Å². The van der Waals surface area contributed by atoms with E-state index < -0.39 is 35.6 Å². The van der Waals surface area contributed by atoms with E-state index >= 15 is 0 Å². The van der Waals surface area contributed by atoms with Crippen LogP contribution in [0.1, 0.15) is 35.9 Å². The first-order valence-corrected chi connectivity index (χ1v) is 10.8. The number of carboxylic acids is 1. The lowest BCUT2D eigenvalue weighted by molar-refractivity contribution is -0.157. The average molecular weight is 445 g/mol. The molecule has 0 saturated heterocycles. The number of rotatable bonds is 8. The fourth-order valence-corrected chi connectivity index (χ4v) is 4.05. The summed E-state index contributed by atoms with van der Waals surface area (Å²) in [5.41, 5.74) is 2.39. The van der Waals surface area contributed by atoms with E-state index in [1.165, 1.54) is 0 Å². The largest absolute Gasteiger partial charge is 0.480 e. The maximum Gasteiger partial charge on any atom is 0.364 e. The summed E-state index contributed by atoms with van der Waals surface area (Å²) in [6.07, 6.45) is -0.582. The molecule has 0 fully saturated rings. The zero-order valence-electron chi connectivity index (χ0n) is 16.9. The molecule has 0 aromatic heterocycles. The van der Waals surface area contributed by atoms with Crippen molar-refractivity contribution < 1.29 is 29.3 Å². The number of esters is 1. The highest BCUT2D eigenvalue weighted by molar-refractivity contribution is 8.13. The predicted molar refractivity (Wildman–Crippen MR) is 116 cm³/mol. The fraction of sp³-hybridized carbons (Fsp3) is 0.318. The highest BCUT2D eigenvalue weighted by Gasteiger charge is 2.33. The number of carbonyl (C=O) groups is 3. The van der Waals surface area contributed by atoms with Crippen LogP contribution in [0.4, 0.5) is 4.79 Å². The normalized spacial score (nSPS) is 19.6. The molecule has 4 atom stereocenters. The predicted octanol–water partition coefficient (Wildman–Crippen LogP) is 2.96. The van der Waals surface area contributed by atoms with E-state index in [2.05, 4.69) is 10.6 Å². The SMILES string of the molecule is CC(NC(CSC(=O)O)c1ccccc1)C(=O)OC1NC(C(=O)O)Cc2ccccc21. The minimum atomic E-state index is -1.02. The van der Waals surface area contributed by atoms with Crippen LogP contribution in [0.5, 0.6) is 0 Å². The maximum absolute atomic E-state index is 12.8. The maximum atomic E-state index is 12.8. The van der Waals surface area contributed by atoms with Crippen LogP contribution in [0.25, 0.3) is 0 Å². The molecule has 0 radical (unpaired) electrons. The molecule has 0 bridgehead atoms. The highest BCUT2D eigenvalue weighted by atomic mass is 32.2. The second kappa shape index (κ2) is 10.4. The summed E-state index contributed by atoms with van der Waals surface area (Å²) in [6, 6.07) is 14.5. The number of ether oxygens (including phenoxy) is 1. The summed E-state index contributed by atoms with van der Waals surface area (Å²) >= 11 is 0.742. The van der Waals surface area contributed by atoms with E-state index in [0.717, 1.165) is 28.5 Å². The van der Waals surface area contributed by atoms with Crippen molar-refractivity contribution in [3.8, 4) is 0 Å². The van der Waals surface area contributed by atoms with Gasteiger partial charge in [0, 0.05) is 17.4 Å². The van der Waals surface area contributed by atoms with Gasteiger partial charge in [-0.05, 0) is 36.2 Å². The molecule has 9 heteroatoms. The van der Waals surface area contributed by atoms with Crippen LogP contribution in [0.3, 0.4) is 0 Å². The minimum Gasteiger partial charge on any atom is -0.480 e. The van der Waals surface area contributed by atoms with Crippen LogP contribution >= 0.6 is 11.8 Å². The van der Waals surface area contributed by atoms with Crippen LogP contribution in [0.15, 0.2) is 54.6 Å². The molecule has 8 nitrogen and oxygen atoms in total. The number of nitrogens with one attached hydrogen (secondary N) is 2. The Hall–Kier alpha value is -2.88. The van der Waals surface area contributed by atoms with Gasteiger partial charge in [0.1, 0.15) is 12.1 Å². The quantitative estimate of drug-likeness (QED) is 0.455. The summed E-state index contributed by atoms with van der Waals surface area (Å²) in [5.74, 6) is -1.36. The number of thioether (sulfide) groups is 1. The lowest BCUT2D eigenvalue weighted by Crippen LogP contribution is -2.48. The van der Waals surface area contributed by atoms with Crippen molar-refractivity contribution in [2.75, 3.05) is 5.75 Å². The molecule has 4 unspecified atom stereocenters. The van der Waals surface area contributed by atoms with Gasteiger partial charge in [0.25, 0.3) is 0 Å². The van der Waals surface area contributed by atoms with Crippen molar-refractivity contribution in [2.45, 2.75) is 37.7 Å². The van der Waals surface area contributed by atoms with Gasteiger partial charge in [0.05, 0.1) is 0 Å². The Morgan fingerprint density at radius 2 is 1.81 bits per heavy atom. The molecule has 0 saturated carbocycles. The Morgan fingerprint density at radius 1 is 1.13 bits per heavy atom. The summed E-state index contributed by atoms with van der Waals surface area (Å²) < 4.78 is 5.62. The summed E-state index contributed by atoms with van der Waals surface area (Å²) in [4.78, 5) is 35.3. The molecule has 2 aromatic rings. The number of benzene rings is 2. The Kier molecular flexibility index (Phi) is 7.67. The first kappa shape index (κ1) is 22.8. The van der Waals surface area contributed by atoms with Gasteiger partial charge in [-0.15, -0.1) is 0 Å². The van der Waals surface area contributed by atoms with Gasteiger partial charge in [-0.1, -0.05) is 54.6 Å². The first-order chi connectivity index (χ1) is 14.8. The fourth-order valence-electron chi connectivity index (χ4n) is 3.45. The minimum absolute atomic E-state index is 0.225. The zero-order chi connectivity index (χ0) is 22.4. The molecule has 2 aromatic carbocycles. The van der Waals surface area contributed by atoms with Crippen molar-refractivity contribution >= 4 is 29.0 Å². The molecule has 0 amide bonds. The van der Waals surface area contributed by atoms with Gasteiger partial charge in [-0.3, -0.25) is 20.2 Å². The van der Waals surface area contributed by atoms with Crippen LogP contribution in [-0.4, -0.2) is 45.3 Å². The van der Waals surface area contributed by atoms with E-state index in [1.807, 2.05) is 42.5 Å². The monoisotopic (exact) mass is 444 g/mol. The van der Waals surface area contributed by atoms with Gasteiger partial charge in [0.2, 0.25) is 0 Å². The van der Waals surface area contributed by atoms with Gasteiger partial charge in [0.15, 0.2) is 6.23 Å². The topological polar surface area (TPSA) is 125 Å². The summed E-state index contributed by atoms with van der Waals surface area (Å²) in [6.45, 7) is 1.63. The number of hydrogen-bond acceptors (Lipinski definition) is 7.